The van der Waals surface area contributed by atoms with Gasteiger partial charge in [0, 0.05) is 19.6 Å². The highest BCUT2D eigenvalue weighted by atomic mass is 32.2. The Bertz CT molecular complexity index is 1620. The molecule has 0 saturated carbocycles. The standard InChI is InChI=1S/C39H54N4O6S/c1-5-24-50(47,48)42-39(29(3)6-2)22-23-43(38(39)46)35(21-20-30-14-9-7-10-15-30)37(45)41-34(26-31-16-11-8-12-17-31)36(44)28-40-27-32-18-13-19-33(25-32)49-4/h7-19,25,29,34-36,40,42,44H,5-6,20-24,26-28H2,1-4H3,(H,41,45)/t29-,34-,35-,36?,39?/m0/s1. The van der Waals surface area contributed by atoms with Crippen LogP contribution in [0.5, 0.6) is 5.75 Å². The molecule has 1 saturated heterocycles. The van der Waals surface area contributed by atoms with Crippen molar-refractivity contribution in [2.24, 2.45) is 5.92 Å². The van der Waals surface area contributed by atoms with Gasteiger partial charge in [0.15, 0.2) is 0 Å². The molecule has 10 nitrogen and oxygen atoms in total. The monoisotopic (exact) mass is 706 g/mol. The fraction of sp³-hybridized carbons (Fsp3) is 0.487. The maximum absolute atomic E-state index is 14.5. The van der Waals surface area contributed by atoms with E-state index in [1.54, 1.807) is 18.9 Å². The van der Waals surface area contributed by atoms with E-state index in [4.69, 9.17) is 4.74 Å². The van der Waals surface area contributed by atoms with Gasteiger partial charge in [0.2, 0.25) is 21.8 Å². The first-order valence-electron chi connectivity index (χ1n) is 17.7. The van der Waals surface area contributed by atoms with Crippen molar-refractivity contribution in [3.63, 3.8) is 0 Å². The van der Waals surface area contributed by atoms with Crippen LogP contribution in [0.2, 0.25) is 0 Å². The summed E-state index contributed by atoms with van der Waals surface area (Å²) in [6.45, 7) is 6.55. The van der Waals surface area contributed by atoms with E-state index in [1.807, 2.05) is 98.8 Å². The molecule has 272 valence electrons. The van der Waals surface area contributed by atoms with Crippen molar-refractivity contribution in [1.29, 1.82) is 0 Å². The van der Waals surface area contributed by atoms with E-state index in [0.717, 1.165) is 22.4 Å². The smallest absolute Gasteiger partial charge is 0.244 e. The second kappa shape index (κ2) is 18.5. The Kier molecular flexibility index (Phi) is 14.4. The number of ether oxygens (including phenoxy) is 1. The highest BCUT2D eigenvalue weighted by Crippen LogP contribution is 2.35. The number of benzene rings is 3. The van der Waals surface area contributed by atoms with Crippen LogP contribution in [-0.4, -0.2) is 79.9 Å². The minimum absolute atomic E-state index is 0.0821. The third-order valence-corrected chi connectivity index (χ3v) is 11.4. The van der Waals surface area contributed by atoms with Crippen molar-refractivity contribution >= 4 is 21.8 Å². The first-order chi connectivity index (χ1) is 24.0. The Morgan fingerprint density at radius 3 is 2.28 bits per heavy atom. The topological polar surface area (TPSA) is 137 Å². The van der Waals surface area contributed by atoms with Gasteiger partial charge in [-0.1, -0.05) is 100.0 Å². The maximum atomic E-state index is 14.5. The number of likely N-dealkylation sites (tertiary alicyclic amines) is 1. The molecule has 1 heterocycles. The Labute approximate surface area is 298 Å². The summed E-state index contributed by atoms with van der Waals surface area (Å²) in [6.07, 6.45) is 1.57. The SMILES string of the molecule is CCCS(=O)(=O)NC1([C@@H](C)CC)CCN([C@@H](CCc2ccccc2)C(=O)N[C@@H](Cc2ccccc2)C(O)CNCc2cccc(OC)c2)C1=O. The van der Waals surface area contributed by atoms with E-state index in [2.05, 4.69) is 15.4 Å². The number of carbonyl (C=O) groups excluding carboxylic acids is 2. The summed E-state index contributed by atoms with van der Waals surface area (Å²) < 4.78 is 34.3. The molecule has 1 aliphatic rings. The van der Waals surface area contributed by atoms with Crippen LogP contribution in [0.25, 0.3) is 0 Å². The molecule has 0 bridgehead atoms. The quantitative estimate of drug-likeness (QED) is 0.138. The minimum atomic E-state index is -3.73. The van der Waals surface area contributed by atoms with E-state index < -0.39 is 33.7 Å². The van der Waals surface area contributed by atoms with E-state index in [1.165, 1.54) is 0 Å². The molecule has 0 radical (unpaired) electrons. The van der Waals surface area contributed by atoms with Gasteiger partial charge in [-0.05, 0) is 66.8 Å². The van der Waals surface area contributed by atoms with Crippen molar-refractivity contribution < 1.29 is 27.9 Å². The summed E-state index contributed by atoms with van der Waals surface area (Å²) in [7, 11) is -2.11. The summed E-state index contributed by atoms with van der Waals surface area (Å²) in [6, 6.07) is 25.6. The summed E-state index contributed by atoms with van der Waals surface area (Å²) in [4.78, 5) is 30.4. The number of nitrogens with zero attached hydrogens (tertiary/aromatic N) is 1. The molecular weight excluding hydrogens is 653 g/mol. The number of carbonyl (C=O) groups is 2. The predicted octanol–water partition coefficient (Wildman–Crippen LogP) is 4.22. The molecule has 4 rings (SSSR count). The van der Waals surface area contributed by atoms with Crippen LogP contribution >= 0.6 is 0 Å². The van der Waals surface area contributed by atoms with Crippen LogP contribution in [0.1, 0.15) is 63.1 Å². The normalized spacial score (nSPS) is 18.7. The van der Waals surface area contributed by atoms with Crippen LogP contribution in [0.3, 0.4) is 0 Å². The Balaban J connectivity index is 1.59. The molecule has 0 aliphatic carbocycles. The van der Waals surface area contributed by atoms with Crippen molar-refractivity contribution in [2.45, 2.75) is 89.6 Å². The zero-order valence-electron chi connectivity index (χ0n) is 29.8. The first-order valence-corrected chi connectivity index (χ1v) is 19.4. The molecular formula is C39H54N4O6S. The summed E-state index contributed by atoms with van der Waals surface area (Å²) >= 11 is 0. The number of aliphatic hydroxyl groups excluding tert-OH is 1. The van der Waals surface area contributed by atoms with Gasteiger partial charge in [0.1, 0.15) is 17.3 Å². The zero-order chi connectivity index (χ0) is 36.1. The second-order valence-electron chi connectivity index (χ2n) is 13.3. The Morgan fingerprint density at radius 2 is 1.64 bits per heavy atom. The Morgan fingerprint density at radius 1 is 0.980 bits per heavy atom. The van der Waals surface area contributed by atoms with Gasteiger partial charge < -0.3 is 25.4 Å². The van der Waals surface area contributed by atoms with Gasteiger partial charge in [-0.25, -0.2) is 8.42 Å². The van der Waals surface area contributed by atoms with E-state index >= 15 is 0 Å². The fourth-order valence-electron chi connectivity index (χ4n) is 6.75. The number of nitrogens with one attached hydrogen (secondary N) is 3. The van der Waals surface area contributed by atoms with Gasteiger partial charge in [0.25, 0.3) is 0 Å². The third-order valence-electron chi connectivity index (χ3n) is 9.79. The van der Waals surface area contributed by atoms with Crippen molar-refractivity contribution in [3.05, 3.63) is 102 Å². The largest absolute Gasteiger partial charge is 0.497 e. The number of hydrogen-bond acceptors (Lipinski definition) is 7. The zero-order valence-corrected chi connectivity index (χ0v) is 30.6. The number of rotatable bonds is 20. The number of aliphatic hydroxyl groups is 1. The van der Waals surface area contributed by atoms with Gasteiger partial charge in [-0.2, -0.15) is 4.72 Å². The lowest BCUT2D eigenvalue weighted by Gasteiger charge is -2.36. The molecule has 2 amide bonds. The number of methoxy groups -OCH3 is 1. The fourth-order valence-corrected chi connectivity index (χ4v) is 8.34. The molecule has 1 aliphatic heterocycles. The van der Waals surface area contributed by atoms with Crippen molar-refractivity contribution in [3.8, 4) is 5.75 Å². The molecule has 0 aromatic heterocycles. The first kappa shape index (κ1) is 39.0. The highest BCUT2D eigenvalue weighted by Gasteiger charge is 2.54. The second-order valence-corrected chi connectivity index (χ2v) is 15.2. The number of amides is 2. The van der Waals surface area contributed by atoms with Crippen LogP contribution in [0.15, 0.2) is 84.9 Å². The van der Waals surface area contributed by atoms with E-state index in [0.29, 0.717) is 38.6 Å². The van der Waals surface area contributed by atoms with Gasteiger partial charge in [0.05, 0.1) is 25.0 Å². The average Bonchev–Trinajstić information content (AvgIpc) is 3.43. The highest BCUT2D eigenvalue weighted by molar-refractivity contribution is 7.89. The molecule has 1 fully saturated rings. The van der Waals surface area contributed by atoms with Crippen molar-refractivity contribution in [2.75, 3.05) is 26.0 Å². The molecule has 4 N–H and O–H groups in total. The lowest BCUT2D eigenvalue weighted by molar-refractivity contribution is -0.142. The average molecular weight is 707 g/mol. The van der Waals surface area contributed by atoms with E-state index in [-0.39, 0.29) is 43.0 Å². The summed E-state index contributed by atoms with van der Waals surface area (Å²) in [5, 5.41) is 17.9. The molecule has 2 unspecified atom stereocenters. The molecule has 3 aromatic rings. The Hall–Kier alpha value is -3.77. The predicted molar refractivity (Wildman–Crippen MR) is 197 cm³/mol. The molecule has 0 spiro atoms. The molecule has 50 heavy (non-hydrogen) atoms. The summed E-state index contributed by atoms with van der Waals surface area (Å²) in [5.74, 6) is -0.375. The van der Waals surface area contributed by atoms with Crippen molar-refractivity contribution in [1.82, 2.24) is 20.3 Å². The minimum Gasteiger partial charge on any atom is -0.497 e. The number of aryl methyl sites for hydroxylation is 1. The van der Waals surface area contributed by atoms with Gasteiger partial charge in [-0.3, -0.25) is 9.59 Å². The number of sulfonamides is 1. The van der Waals surface area contributed by atoms with Crippen LogP contribution in [0, 0.1) is 5.92 Å². The van der Waals surface area contributed by atoms with Crippen LogP contribution < -0.4 is 20.1 Å². The van der Waals surface area contributed by atoms with Crippen LogP contribution in [0.4, 0.5) is 0 Å². The van der Waals surface area contributed by atoms with Crippen LogP contribution in [-0.2, 0) is 39.0 Å². The lowest BCUT2D eigenvalue weighted by Crippen LogP contribution is -2.61. The molecule has 3 aromatic carbocycles. The third kappa shape index (κ3) is 10.4. The number of hydrogen-bond donors (Lipinski definition) is 4. The molecule has 11 heteroatoms. The molecule has 5 atom stereocenters. The summed E-state index contributed by atoms with van der Waals surface area (Å²) in [5.41, 5.74) is 1.63. The van der Waals surface area contributed by atoms with Gasteiger partial charge >= 0.3 is 0 Å². The van der Waals surface area contributed by atoms with E-state index in [9.17, 15) is 23.1 Å². The van der Waals surface area contributed by atoms with Gasteiger partial charge in [-0.15, -0.1) is 0 Å². The maximum Gasteiger partial charge on any atom is 0.244 e. The lowest BCUT2D eigenvalue weighted by atomic mass is 9.83.